The lowest BCUT2D eigenvalue weighted by atomic mass is 10.0. The van der Waals surface area contributed by atoms with Crippen molar-refractivity contribution in [2.45, 2.75) is 46.0 Å². The van der Waals surface area contributed by atoms with E-state index in [0.717, 1.165) is 42.2 Å². The molecule has 12 rings (SSSR count). The van der Waals surface area contributed by atoms with Crippen LogP contribution in [0.3, 0.4) is 0 Å². The third-order valence-electron chi connectivity index (χ3n) is 15.5. The average molecular weight is 1160 g/mol. The summed E-state index contributed by atoms with van der Waals surface area (Å²) in [5.74, 6) is 0. The van der Waals surface area contributed by atoms with Crippen LogP contribution < -0.4 is 55.1 Å². The van der Waals surface area contributed by atoms with Gasteiger partial charge >= 0.3 is 12.2 Å². The molecule has 12 aromatic rings. The normalized spacial score (nSPS) is 11.3. The van der Waals surface area contributed by atoms with Gasteiger partial charge in [0.25, 0.3) is 44.5 Å². The van der Waals surface area contributed by atoms with Crippen LogP contribution in [0.4, 0.5) is 21.0 Å². The lowest BCUT2D eigenvalue weighted by Gasteiger charge is -2.09. The first kappa shape index (κ1) is 57.7. The first-order valence-electron chi connectivity index (χ1n) is 28.0. The summed E-state index contributed by atoms with van der Waals surface area (Å²) in [6.45, 7) is 4.63. The molecule has 87 heavy (non-hydrogen) atoms. The highest BCUT2D eigenvalue weighted by atomic mass is 16.6. The minimum Gasteiger partial charge on any atom is -0.449 e. The summed E-state index contributed by atoms with van der Waals surface area (Å²) >= 11 is 0. The third-order valence-corrected chi connectivity index (χ3v) is 15.5. The molecule has 4 heterocycles. The molecule has 0 aliphatic carbocycles. The summed E-state index contributed by atoms with van der Waals surface area (Å²) in [4.78, 5) is 127. The van der Waals surface area contributed by atoms with Gasteiger partial charge in [0.15, 0.2) is 0 Å². The maximum Gasteiger partial charge on any atom is 0.411 e. The number of unbranched alkanes of at least 4 members (excludes halogenated alkanes) is 1. The van der Waals surface area contributed by atoms with E-state index in [1.165, 1.54) is 71.7 Å². The molecule has 0 radical (unpaired) electrons. The monoisotopic (exact) mass is 1160 g/mol. The number of anilines is 2. The molecular weight excluding hydrogens is 1100 g/mol. The predicted octanol–water partition coefficient (Wildman–Crippen LogP) is 8.84. The van der Waals surface area contributed by atoms with Crippen LogP contribution in [0, 0.1) is 13.8 Å². The lowest BCUT2D eigenvalue weighted by Crippen LogP contribution is -2.23. The molecule has 4 aromatic heterocycles. The third kappa shape index (κ3) is 12.0. The van der Waals surface area contributed by atoms with Gasteiger partial charge in [-0.15, -0.1) is 0 Å². The fraction of sp³-hybridized carbons (Fsp3) is 0.159. The second-order valence-electron chi connectivity index (χ2n) is 21.6. The molecular formula is C69H56N6O12. The largest absolute Gasteiger partial charge is 0.449 e. The number of aryl methyl sites for hydroxylation is 2. The first-order chi connectivity index (χ1) is 41.9. The van der Waals surface area contributed by atoms with Gasteiger partial charge in [-0.05, 0) is 152 Å². The average Bonchev–Trinajstić information content (AvgIpc) is 1.72. The van der Waals surface area contributed by atoms with Crippen LogP contribution in [0.15, 0.2) is 208 Å². The molecule has 18 nitrogen and oxygen atoms in total. The summed E-state index contributed by atoms with van der Waals surface area (Å²) in [6.07, 6.45) is 2.30. The smallest absolute Gasteiger partial charge is 0.411 e. The molecule has 0 unspecified atom stereocenters. The van der Waals surface area contributed by atoms with Crippen LogP contribution in [0.25, 0.3) is 54.5 Å². The van der Waals surface area contributed by atoms with Gasteiger partial charge in [-0.3, -0.25) is 58.1 Å². The first-order valence-corrected chi connectivity index (χ1v) is 28.0. The van der Waals surface area contributed by atoms with Crippen molar-refractivity contribution in [3.63, 3.8) is 0 Å². The van der Waals surface area contributed by atoms with Gasteiger partial charge in [0.2, 0.25) is 0 Å². The van der Waals surface area contributed by atoms with Crippen molar-refractivity contribution in [2.75, 3.05) is 23.8 Å². The van der Waals surface area contributed by atoms with E-state index >= 15 is 0 Å². The number of ether oxygens (including phenoxy) is 2. The van der Waals surface area contributed by atoms with Gasteiger partial charge in [0.05, 0.1) is 67.7 Å². The zero-order valence-corrected chi connectivity index (χ0v) is 47.8. The highest BCUT2D eigenvalue weighted by Gasteiger charge is 2.22. The zero-order valence-electron chi connectivity index (χ0n) is 47.8. The Labute approximate surface area is 494 Å². The standard InChI is InChI=1S/C35H20N4O8.C34H36N2O4/c1-36-28(40)20-12-24-25(13-21(20)29(36)41)33(45)38(32(24)44)18-7-3-16(4-8-18)11-17-5-9-19(10-6-17)39-34(46)26-14-22-23(15-27(26)35(39)47)31(43)37(2)30(22)42;1-25-5-9-27(10-6-25)23-29-13-17-31(18-14-29)35-33(37)39-21-3-4-22-40-34(38)36-32-19-15-30(16-20-32)24-28-11-7-26(2)8-12-28/h3-10,12-15H,11H2,1-2H3;5-20H,3-4,21-24H2,1-2H3,(H,35,37)(H,36,38). The highest BCUT2D eigenvalue weighted by Crippen LogP contribution is 2.21. The zero-order chi connectivity index (χ0) is 61.2. The van der Waals surface area contributed by atoms with Crippen molar-refractivity contribution in [3.05, 3.63) is 297 Å². The molecule has 0 saturated heterocycles. The van der Waals surface area contributed by atoms with Crippen molar-refractivity contribution in [1.29, 1.82) is 0 Å². The maximum absolute atomic E-state index is 13.2. The van der Waals surface area contributed by atoms with Crippen molar-refractivity contribution in [1.82, 2.24) is 18.3 Å². The fourth-order valence-electron chi connectivity index (χ4n) is 10.6. The fourth-order valence-corrected chi connectivity index (χ4v) is 10.6. The van der Waals surface area contributed by atoms with Gasteiger partial charge in [0, 0.05) is 25.5 Å². The van der Waals surface area contributed by atoms with Crippen molar-refractivity contribution in [2.24, 2.45) is 14.1 Å². The predicted molar refractivity (Wildman–Crippen MR) is 337 cm³/mol. The van der Waals surface area contributed by atoms with E-state index in [1.54, 1.807) is 48.5 Å². The molecule has 0 spiro atoms. The number of nitrogens with zero attached hydrogens (tertiary/aromatic N) is 4. The summed E-state index contributed by atoms with van der Waals surface area (Å²) in [5.41, 5.74) is 6.57. The van der Waals surface area contributed by atoms with Crippen molar-refractivity contribution < 1.29 is 19.1 Å². The Morgan fingerprint density at radius 3 is 0.828 bits per heavy atom. The van der Waals surface area contributed by atoms with Gasteiger partial charge in [-0.25, -0.2) is 18.7 Å². The Morgan fingerprint density at radius 2 is 0.563 bits per heavy atom. The quantitative estimate of drug-likeness (QED) is 0.0917. The summed E-state index contributed by atoms with van der Waals surface area (Å²) in [6, 6.07) is 51.2. The number of amides is 2. The lowest BCUT2D eigenvalue weighted by molar-refractivity contribution is 0.143. The number of nitrogens with one attached hydrogen (secondary N) is 2. The number of carbonyl (C=O) groups excluding carboxylic acids is 2. The molecule has 0 atom stereocenters. The number of carbonyl (C=O) groups is 2. The Balaban J connectivity index is 0.000000183. The molecule has 2 N–H and O–H groups in total. The molecule has 2 amide bonds. The van der Waals surface area contributed by atoms with Crippen molar-refractivity contribution >= 4 is 66.7 Å². The minimum atomic E-state index is -0.589. The number of rotatable bonds is 15. The second kappa shape index (κ2) is 24.2. The van der Waals surface area contributed by atoms with E-state index in [2.05, 4.69) is 73.0 Å². The number of hydrogen-bond acceptors (Lipinski definition) is 12. The Hall–Kier alpha value is -11.1. The molecule has 18 heteroatoms. The Bertz CT molecular complexity index is 4580. The number of benzene rings is 8. The van der Waals surface area contributed by atoms with E-state index in [4.69, 9.17) is 9.47 Å². The van der Waals surface area contributed by atoms with E-state index in [9.17, 15) is 47.9 Å². The molecule has 0 bridgehead atoms. The van der Waals surface area contributed by atoms with E-state index in [1.807, 2.05) is 48.5 Å². The van der Waals surface area contributed by atoms with E-state index in [0.29, 0.717) is 42.0 Å². The highest BCUT2D eigenvalue weighted by molar-refractivity contribution is 5.99. The van der Waals surface area contributed by atoms with Crippen LogP contribution in [0.5, 0.6) is 0 Å². The van der Waals surface area contributed by atoms with Crippen molar-refractivity contribution in [3.8, 4) is 11.4 Å². The molecule has 0 fully saturated rings. The van der Waals surface area contributed by atoms with E-state index in [-0.39, 0.29) is 56.3 Å². The number of fused-ring (bicyclic) bond motifs is 4. The van der Waals surface area contributed by atoms with Crippen LogP contribution >= 0.6 is 0 Å². The maximum atomic E-state index is 13.2. The van der Waals surface area contributed by atoms with Crippen LogP contribution in [0.2, 0.25) is 0 Å². The van der Waals surface area contributed by atoms with Gasteiger partial charge < -0.3 is 9.47 Å². The second-order valence-corrected chi connectivity index (χ2v) is 21.6. The molecule has 8 aromatic carbocycles. The Morgan fingerprint density at radius 1 is 0.333 bits per heavy atom. The summed E-state index contributed by atoms with van der Waals surface area (Å²) < 4.78 is 14.4. The summed E-state index contributed by atoms with van der Waals surface area (Å²) in [7, 11) is 2.69. The molecule has 0 aliphatic heterocycles. The minimum absolute atomic E-state index is 0.0612. The number of aromatic nitrogens is 4. The van der Waals surface area contributed by atoms with E-state index < -0.39 is 56.7 Å². The van der Waals surface area contributed by atoms with Gasteiger partial charge in [-0.2, -0.15) is 0 Å². The molecule has 434 valence electrons. The molecule has 0 aliphatic rings. The summed E-state index contributed by atoms with van der Waals surface area (Å²) in [5, 5.41) is 6.09. The number of hydrogen-bond donors (Lipinski definition) is 2. The van der Waals surface area contributed by atoms with Crippen LogP contribution in [-0.4, -0.2) is 43.7 Å². The van der Waals surface area contributed by atoms with Gasteiger partial charge in [-0.1, -0.05) is 108 Å². The SMILES string of the molecule is Cc1ccc(Cc2ccc(NC(=O)OCCCCOC(=O)Nc3ccc(Cc4ccc(C)cc4)cc3)cc2)cc1.Cn1c(=O)c2cc3c(=O)n(-c4ccc(Cc5ccc(-n6c(=O)c7cc8c(=O)n(C)c(=O)c8cc7c6=O)cc5)cc4)c(=O)c3cc2c1=O. The van der Waals surface area contributed by atoms with Crippen LogP contribution in [0.1, 0.15) is 57.3 Å². The van der Waals surface area contributed by atoms with Crippen LogP contribution in [-0.2, 0) is 42.8 Å². The Kier molecular flexibility index (Phi) is 16.1. The molecule has 0 saturated carbocycles. The topological polar surface area (TPSA) is 233 Å². The van der Waals surface area contributed by atoms with Gasteiger partial charge in [0.1, 0.15) is 0 Å².